The fraction of sp³-hybridized carbons (Fsp3) is 0.400. The number of hydrogen-bond acceptors (Lipinski definition) is 6. The van der Waals surface area contributed by atoms with Crippen molar-refractivity contribution in [2.75, 3.05) is 26.1 Å². The number of Topliss-reactive ketones (excluding diaryl/α,β-unsaturated/α-hetero) is 1. The van der Waals surface area contributed by atoms with E-state index in [2.05, 4.69) is 0 Å². The fourth-order valence-corrected chi connectivity index (χ4v) is 3.88. The Kier molecular flexibility index (Phi) is 6.11. The maximum absolute atomic E-state index is 12.7. The van der Waals surface area contributed by atoms with E-state index in [1.807, 2.05) is 42.7 Å². The third kappa shape index (κ3) is 4.47. The van der Waals surface area contributed by atoms with Crippen LogP contribution in [0.3, 0.4) is 0 Å². The molecule has 0 amide bonds. The Morgan fingerprint density at radius 1 is 1.15 bits per heavy atom. The van der Waals surface area contributed by atoms with E-state index in [4.69, 9.17) is 14.2 Å². The summed E-state index contributed by atoms with van der Waals surface area (Å²) in [4.78, 5) is 25.1. The molecule has 0 radical (unpaired) electrons. The van der Waals surface area contributed by atoms with Gasteiger partial charge in [0, 0.05) is 28.4 Å². The highest BCUT2D eigenvalue weighted by Gasteiger charge is 2.17. The first-order valence-electron chi connectivity index (χ1n) is 8.78. The Hall–Kier alpha value is -2.41. The molecule has 0 spiro atoms. The van der Waals surface area contributed by atoms with Crippen LogP contribution in [0.4, 0.5) is 0 Å². The van der Waals surface area contributed by atoms with Gasteiger partial charge >= 0.3 is 5.97 Å². The number of methoxy groups -OCH3 is 1. The lowest BCUT2D eigenvalue weighted by Gasteiger charge is -2.18. The molecule has 3 rings (SSSR count). The second-order valence-corrected chi connectivity index (χ2v) is 7.33. The van der Waals surface area contributed by atoms with E-state index in [1.54, 1.807) is 0 Å². The summed E-state index contributed by atoms with van der Waals surface area (Å²) < 4.78 is 17.8. The molecule has 2 heterocycles. The highest BCUT2D eigenvalue weighted by atomic mass is 32.2. The highest BCUT2D eigenvalue weighted by Crippen LogP contribution is 2.34. The third-order valence-electron chi connectivity index (χ3n) is 4.52. The molecular formula is C20H23NO5S. The Morgan fingerprint density at radius 2 is 1.89 bits per heavy atom. The predicted octanol–water partition coefficient (Wildman–Crippen LogP) is 3.41. The molecule has 1 aliphatic rings. The number of ether oxygens (including phenoxy) is 3. The van der Waals surface area contributed by atoms with Gasteiger partial charge in [-0.25, -0.2) is 0 Å². The van der Waals surface area contributed by atoms with Crippen molar-refractivity contribution in [1.82, 2.24) is 4.57 Å². The van der Waals surface area contributed by atoms with Gasteiger partial charge in [-0.2, -0.15) is 0 Å². The summed E-state index contributed by atoms with van der Waals surface area (Å²) in [7, 11) is 1.38. The molecule has 0 bridgehead atoms. The van der Waals surface area contributed by atoms with Crippen LogP contribution >= 0.6 is 11.8 Å². The van der Waals surface area contributed by atoms with Crippen molar-refractivity contribution >= 4 is 23.5 Å². The molecule has 27 heavy (non-hydrogen) atoms. The van der Waals surface area contributed by atoms with Crippen molar-refractivity contribution in [3.8, 4) is 11.5 Å². The number of aryl methyl sites for hydroxylation is 1. The molecule has 0 saturated carbocycles. The van der Waals surface area contributed by atoms with Crippen molar-refractivity contribution < 1.29 is 23.8 Å². The highest BCUT2D eigenvalue weighted by molar-refractivity contribution is 8.00. The number of rotatable bonds is 7. The number of esters is 1. The minimum Gasteiger partial charge on any atom is -0.486 e. The normalized spacial score (nSPS) is 12.7. The van der Waals surface area contributed by atoms with Crippen LogP contribution in [0.5, 0.6) is 11.5 Å². The standard InChI is InChI=1S/C20H23NO5S/c1-13-10-16(14(2)21(13)7-6-20(23)24-3)17(22)12-27-15-4-5-18-19(11-15)26-9-8-25-18/h4-5,10-11H,6-9,12H2,1-3H3. The minimum absolute atomic E-state index is 0.0623. The first kappa shape index (κ1) is 19.4. The maximum atomic E-state index is 12.7. The van der Waals surface area contributed by atoms with Crippen molar-refractivity contribution in [3.63, 3.8) is 0 Å². The van der Waals surface area contributed by atoms with E-state index < -0.39 is 0 Å². The molecule has 0 saturated heterocycles. The fourth-order valence-electron chi connectivity index (χ4n) is 3.07. The topological polar surface area (TPSA) is 66.8 Å². The van der Waals surface area contributed by atoms with E-state index in [9.17, 15) is 9.59 Å². The van der Waals surface area contributed by atoms with Crippen LogP contribution in [-0.4, -0.2) is 42.4 Å². The van der Waals surface area contributed by atoms with Gasteiger partial charge in [-0.3, -0.25) is 9.59 Å². The van der Waals surface area contributed by atoms with Crippen molar-refractivity contribution in [2.45, 2.75) is 31.7 Å². The molecular weight excluding hydrogens is 366 g/mol. The van der Waals surface area contributed by atoms with Crippen molar-refractivity contribution in [3.05, 3.63) is 41.2 Å². The number of hydrogen-bond donors (Lipinski definition) is 0. The number of aromatic nitrogens is 1. The van der Waals surface area contributed by atoms with Gasteiger partial charge in [-0.15, -0.1) is 11.8 Å². The Bertz CT molecular complexity index is 858. The molecule has 0 fully saturated rings. The zero-order valence-electron chi connectivity index (χ0n) is 15.7. The average Bonchev–Trinajstić information content (AvgIpc) is 2.97. The summed E-state index contributed by atoms with van der Waals surface area (Å²) in [6, 6.07) is 7.61. The van der Waals surface area contributed by atoms with Gasteiger partial charge in [0.15, 0.2) is 17.3 Å². The first-order valence-corrected chi connectivity index (χ1v) is 9.77. The zero-order chi connectivity index (χ0) is 19.4. The number of carbonyl (C=O) groups is 2. The molecule has 1 aromatic heterocycles. The molecule has 1 aliphatic heterocycles. The largest absolute Gasteiger partial charge is 0.486 e. The van der Waals surface area contributed by atoms with Crippen molar-refractivity contribution in [1.29, 1.82) is 0 Å². The molecule has 0 aliphatic carbocycles. The van der Waals surface area contributed by atoms with Gasteiger partial charge < -0.3 is 18.8 Å². The van der Waals surface area contributed by atoms with Crippen molar-refractivity contribution in [2.24, 2.45) is 0 Å². The van der Waals surface area contributed by atoms with Crippen LogP contribution in [0.2, 0.25) is 0 Å². The van der Waals surface area contributed by atoms with Gasteiger partial charge in [0.1, 0.15) is 13.2 Å². The second kappa shape index (κ2) is 8.52. The predicted molar refractivity (Wildman–Crippen MR) is 103 cm³/mol. The second-order valence-electron chi connectivity index (χ2n) is 6.28. The molecule has 0 atom stereocenters. The van der Waals surface area contributed by atoms with E-state index in [-0.39, 0.29) is 18.2 Å². The summed E-state index contributed by atoms with van der Waals surface area (Å²) in [5, 5.41) is 0. The minimum atomic E-state index is -0.260. The van der Waals surface area contributed by atoms with E-state index in [0.717, 1.165) is 27.8 Å². The van der Waals surface area contributed by atoms with Gasteiger partial charge in [-0.1, -0.05) is 0 Å². The van der Waals surface area contributed by atoms with E-state index in [1.165, 1.54) is 18.9 Å². The van der Waals surface area contributed by atoms with Gasteiger partial charge in [0.25, 0.3) is 0 Å². The molecule has 6 nitrogen and oxygen atoms in total. The van der Waals surface area contributed by atoms with E-state index >= 15 is 0 Å². The number of carbonyl (C=O) groups excluding carboxylic acids is 2. The third-order valence-corrected chi connectivity index (χ3v) is 5.52. The first-order chi connectivity index (χ1) is 13.0. The van der Waals surface area contributed by atoms with Crippen LogP contribution in [-0.2, 0) is 16.1 Å². The van der Waals surface area contributed by atoms with Crippen LogP contribution < -0.4 is 9.47 Å². The van der Waals surface area contributed by atoms with Gasteiger partial charge in [-0.05, 0) is 38.1 Å². The summed E-state index contributed by atoms with van der Waals surface area (Å²) in [6.45, 7) is 5.45. The van der Waals surface area contributed by atoms with Crippen LogP contribution in [0.15, 0.2) is 29.2 Å². The molecule has 1 aromatic carbocycles. The average molecular weight is 389 g/mol. The quantitative estimate of drug-likeness (QED) is 0.411. The smallest absolute Gasteiger partial charge is 0.307 e. The maximum Gasteiger partial charge on any atom is 0.307 e. The molecule has 0 unspecified atom stereocenters. The number of nitrogens with zero attached hydrogens (tertiary/aromatic N) is 1. The lowest BCUT2D eigenvalue weighted by Crippen LogP contribution is -2.15. The number of thioether (sulfide) groups is 1. The van der Waals surface area contributed by atoms with Gasteiger partial charge in [0.05, 0.1) is 19.3 Å². The Morgan fingerprint density at radius 3 is 2.63 bits per heavy atom. The zero-order valence-corrected chi connectivity index (χ0v) is 16.6. The summed E-state index contributed by atoms with van der Waals surface area (Å²) in [5.41, 5.74) is 2.54. The SMILES string of the molecule is COC(=O)CCn1c(C)cc(C(=O)CSc2ccc3c(c2)OCCO3)c1C. The summed E-state index contributed by atoms with van der Waals surface area (Å²) in [5.74, 6) is 1.60. The Balaban J connectivity index is 1.65. The molecule has 2 aromatic rings. The molecule has 0 N–H and O–H groups in total. The Labute approximate surface area is 162 Å². The number of benzene rings is 1. The molecule has 7 heteroatoms. The lowest BCUT2D eigenvalue weighted by atomic mass is 10.2. The van der Waals surface area contributed by atoms with Gasteiger partial charge in [0.2, 0.25) is 0 Å². The molecule has 144 valence electrons. The summed E-state index contributed by atoms with van der Waals surface area (Å²) in [6.07, 6.45) is 0.284. The number of ketones is 1. The van der Waals surface area contributed by atoms with Crippen LogP contribution in [0, 0.1) is 13.8 Å². The van der Waals surface area contributed by atoms with E-state index in [0.29, 0.717) is 31.1 Å². The van der Waals surface area contributed by atoms with Crippen LogP contribution in [0.1, 0.15) is 28.2 Å². The van der Waals surface area contributed by atoms with Crippen LogP contribution in [0.25, 0.3) is 0 Å². The summed E-state index contributed by atoms with van der Waals surface area (Å²) >= 11 is 1.47. The number of fused-ring (bicyclic) bond motifs is 1. The monoisotopic (exact) mass is 389 g/mol. The lowest BCUT2D eigenvalue weighted by molar-refractivity contribution is -0.140.